The molecule has 3 unspecified atom stereocenters. The molecule has 0 aliphatic heterocycles. The zero-order valence-electron chi connectivity index (χ0n) is 6.53. The monoisotopic (exact) mass is 168 g/mol. The minimum Gasteiger partial charge on any atom is -0.393 e. The summed E-state index contributed by atoms with van der Waals surface area (Å²) in [4.78, 5) is 1.44. The second kappa shape index (κ2) is 2.61. The lowest BCUT2D eigenvalue weighted by Gasteiger charge is -1.99. The lowest BCUT2D eigenvalue weighted by atomic mass is 10.2. The van der Waals surface area contributed by atoms with Crippen molar-refractivity contribution in [2.45, 2.75) is 25.4 Å². The molecular formula is C9H12OS. The highest BCUT2D eigenvalue weighted by atomic mass is 32.1. The number of hydrogen-bond acceptors (Lipinski definition) is 2. The molecule has 1 saturated carbocycles. The molecule has 0 bridgehead atoms. The predicted octanol–water partition coefficient (Wildman–Crippen LogP) is 2.23. The van der Waals surface area contributed by atoms with E-state index >= 15 is 0 Å². The first-order chi connectivity index (χ1) is 5.29. The fourth-order valence-electron chi connectivity index (χ4n) is 1.58. The van der Waals surface area contributed by atoms with Crippen LogP contribution >= 0.6 is 11.3 Å². The smallest absolute Gasteiger partial charge is 0.0546 e. The molecule has 1 aliphatic carbocycles. The van der Waals surface area contributed by atoms with Gasteiger partial charge in [-0.1, -0.05) is 6.07 Å². The van der Waals surface area contributed by atoms with Gasteiger partial charge in [-0.2, -0.15) is 0 Å². The molecule has 1 heterocycles. The van der Waals surface area contributed by atoms with Crippen molar-refractivity contribution in [3.8, 4) is 0 Å². The van der Waals surface area contributed by atoms with Crippen molar-refractivity contribution >= 4 is 11.3 Å². The standard InChI is InChI=1S/C9H12OS/c1-6(10)7-5-8(7)9-3-2-4-11-9/h2-4,6-8,10H,5H2,1H3. The lowest BCUT2D eigenvalue weighted by Crippen LogP contribution is -2.02. The van der Waals surface area contributed by atoms with E-state index < -0.39 is 0 Å². The van der Waals surface area contributed by atoms with E-state index in [2.05, 4.69) is 17.5 Å². The summed E-state index contributed by atoms with van der Waals surface area (Å²) in [6.45, 7) is 1.89. The Bertz CT molecular complexity index is 228. The summed E-state index contributed by atoms with van der Waals surface area (Å²) in [6.07, 6.45) is 1.06. The number of thiophene rings is 1. The molecule has 1 aliphatic rings. The van der Waals surface area contributed by atoms with Gasteiger partial charge in [0.05, 0.1) is 6.10 Å². The maximum atomic E-state index is 9.27. The molecule has 2 rings (SSSR count). The quantitative estimate of drug-likeness (QED) is 0.718. The summed E-state index contributed by atoms with van der Waals surface area (Å²) in [7, 11) is 0. The van der Waals surface area contributed by atoms with Gasteiger partial charge in [-0.25, -0.2) is 0 Å². The van der Waals surface area contributed by atoms with Crippen molar-refractivity contribution in [3.63, 3.8) is 0 Å². The van der Waals surface area contributed by atoms with E-state index in [1.54, 1.807) is 11.3 Å². The average Bonchev–Trinajstić information content (AvgIpc) is 2.60. The van der Waals surface area contributed by atoms with Crippen LogP contribution in [0.2, 0.25) is 0 Å². The van der Waals surface area contributed by atoms with E-state index in [1.165, 1.54) is 11.3 Å². The predicted molar refractivity (Wildman–Crippen MR) is 46.8 cm³/mol. The normalized spacial score (nSPS) is 31.8. The Hall–Kier alpha value is -0.340. The van der Waals surface area contributed by atoms with Crippen LogP contribution in [-0.2, 0) is 0 Å². The van der Waals surface area contributed by atoms with Gasteiger partial charge in [0.1, 0.15) is 0 Å². The maximum Gasteiger partial charge on any atom is 0.0546 e. The highest BCUT2D eigenvalue weighted by molar-refractivity contribution is 7.10. The van der Waals surface area contributed by atoms with Gasteiger partial charge in [-0.3, -0.25) is 0 Å². The van der Waals surface area contributed by atoms with Crippen LogP contribution < -0.4 is 0 Å². The fraction of sp³-hybridized carbons (Fsp3) is 0.556. The van der Waals surface area contributed by atoms with E-state index in [9.17, 15) is 5.11 Å². The Balaban J connectivity index is 2.02. The van der Waals surface area contributed by atoms with Crippen LogP contribution in [0.15, 0.2) is 17.5 Å². The molecule has 1 aromatic rings. The second-order valence-corrected chi connectivity index (χ2v) is 4.24. The fourth-order valence-corrected chi connectivity index (χ4v) is 2.49. The topological polar surface area (TPSA) is 20.2 Å². The van der Waals surface area contributed by atoms with Gasteiger partial charge in [-0.15, -0.1) is 11.3 Å². The van der Waals surface area contributed by atoms with Gasteiger partial charge >= 0.3 is 0 Å². The molecule has 0 aromatic carbocycles. The minimum atomic E-state index is -0.123. The third kappa shape index (κ3) is 1.33. The van der Waals surface area contributed by atoms with Crippen LogP contribution in [0.1, 0.15) is 24.1 Å². The minimum absolute atomic E-state index is 0.123. The van der Waals surface area contributed by atoms with E-state index in [0.29, 0.717) is 11.8 Å². The van der Waals surface area contributed by atoms with E-state index in [0.717, 1.165) is 0 Å². The molecule has 11 heavy (non-hydrogen) atoms. The van der Waals surface area contributed by atoms with Crippen LogP contribution in [0, 0.1) is 5.92 Å². The Morgan fingerprint density at radius 3 is 3.00 bits per heavy atom. The van der Waals surface area contributed by atoms with Gasteiger partial charge in [0.25, 0.3) is 0 Å². The van der Waals surface area contributed by atoms with Crippen LogP contribution in [0.25, 0.3) is 0 Å². The highest BCUT2D eigenvalue weighted by Crippen LogP contribution is 2.50. The SMILES string of the molecule is CC(O)C1CC1c1cccs1. The molecule has 0 amide bonds. The van der Waals surface area contributed by atoms with Gasteiger partial charge < -0.3 is 5.11 Å². The van der Waals surface area contributed by atoms with Crippen molar-refractivity contribution < 1.29 is 5.11 Å². The van der Waals surface area contributed by atoms with Crippen LogP contribution in [0.3, 0.4) is 0 Å². The van der Waals surface area contributed by atoms with Crippen molar-refractivity contribution in [3.05, 3.63) is 22.4 Å². The summed E-state index contributed by atoms with van der Waals surface area (Å²) in [5, 5.41) is 11.4. The Labute approximate surface area is 70.7 Å². The van der Waals surface area contributed by atoms with Gasteiger partial charge in [0, 0.05) is 4.88 Å². The third-order valence-corrected chi connectivity index (χ3v) is 3.37. The lowest BCUT2D eigenvalue weighted by molar-refractivity contribution is 0.169. The van der Waals surface area contributed by atoms with Crippen molar-refractivity contribution in [1.29, 1.82) is 0 Å². The van der Waals surface area contributed by atoms with Crippen molar-refractivity contribution in [1.82, 2.24) is 0 Å². The Morgan fingerprint density at radius 1 is 1.73 bits per heavy atom. The van der Waals surface area contributed by atoms with Gasteiger partial charge in [0.2, 0.25) is 0 Å². The van der Waals surface area contributed by atoms with Crippen LogP contribution in [0.5, 0.6) is 0 Å². The number of aliphatic hydroxyl groups excluding tert-OH is 1. The van der Waals surface area contributed by atoms with Gasteiger partial charge in [0.15, 0.2) is 0 Å². The number of hydrogen-bond donors (Lipinski definition) is 1. The third-order valence-electron chi connectivity index (χ3n) is 2.37. The molecule has 1 N–H and O–H groups in total. The van der Waals surface area contributed by atoms with E-state index in [4.69, 9.17) is 0 Å². The Kier molecular flexibility index (Phi) is 1.74. The first kappa shape index (κ1) is 7.32. The second-order valence-electron chi connectivity index (χ2n) is 3.26. The summed E-state index contributed by atoms with van der Waals surface area (Å²) in [5.74, 6) is 1.20. The largest absolute Gasteiger partial charge is 0.393 e. The molecule has 3 atom stereocenters. The average molecular weight is 168 g/mol. The van der Waals surface area contributed by atoms with Crippen LogP contribution in [-0.4, -0.2) is 11.2 Å². The Morgan fingerprint density at radius 2 is 2.55 bits per heavy atom. The van der Waals surface area contributed by atoms with E-state index in [1.807, 2.05) is 6.92 Å². The molecule has 0 saturated heterocycles. The number of rotatable bonds is 2. The zero-order chi connectivity index (χ0) is 7.84. The summed E-state index contributed by atoms with van der Waals surface area (Å²) >= 11 is 1.80. The zero-order valence-corrected chi connectivity index (χ0v) is 7.34. The molecule has 1 fully saturated rings. The van der Waals surface area contributed by atoms with Gasteiger partial charge in [-0.05, 0) is 36.6 Å². The first-order valence-electron chi connectivity index (χ1n) is 4.00. The van der Waals surface area contributed by atoms with E-state index in [-0.39, 0.29) is 6.10 Å². The molecule has 1 aromatic heterocycles. The molecular weight excluding hydrogens is 156 g/mol. The molecule has 0 spiro atoms. The molecule has 0 radical (unpaired) electrons. The molecule has 1 nitrogen and oxygen atoms in total. The summed E-state index contributed by atoms with van der Waals surface area (Å²) < 4.78 is 0. The maximum absolute atomic E-state index is 9.27. The van der Waals surface area contributed by atoms with Crippen molar-refractivity contribution in [2.75, 3.05) is 0 Å². The van der Waals surface area contributed by atoms with Crippen LogP contribution in [0.4, 0.5) is 0 Å². The molecule has 60 valence electrons. The summed E-state index contributed by atoms with van der Waals surface area (Å²) in [5.41, 5.74) is 0. The first-order valence-corrected chi connectivity index (χ1v) is 4.88. The highest BCUT2D eigenvalue weighted by Gasteiger charge is 2.41. The molecule has 2 heteroatoms. The number of aliphatic hydroxyl groups is 1. The van der Waals surface area contributed by atoms with Crippen molar-refractivity contribution in [2.24, 2.45) is 5.92 Å². The summed E-state index contributed by atoms with van der Waals surface area (Å²) in [6, 6.07) is 4.25.